The first-order valence-electron chi connectivity index (χ1n) is 4.07. The highest BCUT2D eigenvalue weighted by Crippen LogP contribution is 2.27. The first-order chi connectivity index (χ1) is 6.16. The molecule has 2 rings (SSSR count). The summed E-state index contributed by atoms with van der Waals surface area (Å²) in [6, 6.07) is 5.07. The van der Waals surface area contributed by atoms with Gasteiger partial charge in [0.15, 0.2) is 0 Å². The molecule has 1 N–H and O–H groups in total. The van der Waals surface area contributed by atoms with E-state index in [1.165, 1.54) is 0 Å². The van der Waals surface area contributed by atoms with Crippen LogP contribution in [0.3, 0.4) is 0 Å². The molecule has 0 spiro atoms. The van der Waals surface area contributed by atoms with Gasteiger partial charge >= 0.3 is 5.97 Å². The first kappa shape index (κ1) is 7.98. The van der Waals surface area contributed by atoms with Crippen molar-refractivity contribution in [3.63, 3.8) is 0 Å². The zero-order valence-electron chi connectivity index (χ0n) is 7.24. The van der Waals surface area contributed by atoms with Crippen molar-refractivity contribution in [3.8, 4) is 0 Å². The van der Waals surface area contributed by atoms with Crippen LogP contribution in [-0.2, 0) is 6.42 Å². The Balaban J connectivity index is 2.49. The van der Waals surface area contributed by atoms with Crippen molar-refractivity contribution >= 4 is 17.4 Å². The molecule has 66 valence electrons. The molecule has 0 bridgehead atoms. The molecule has 0 amide bonds. The molecule has 0 aromatic heterocycles. The van der Waals surface area contributed by atoms with Crippen LogP contribution in [0.1, 0.15) is 22.8 Å². The number of hydrogen-bond donors (Lipinski definition) is 1. The lowest BCUT2D eigenvalue weighted by molar-refractivity contribution is 0.0697. The van der Waals surface area contributed by atoms with Crippen LogP contribution >= 0.6 is 0 Å². The van der Waals surface area contributed by atoms with Crippen LogP contribution in [0.4, 0.5) is 5.69 Å². The Bertz CT molecular complexity index is 407. The van der Waals surface area contributed by atoms with E-state index in [1.54, 1.807) is 12.1 Å². The molecule has 1 aromatic carbocycles. The van der Waals surface area contributed by atoms with Crippen molar-refractivity contribution in [1.29, 1.82) is 0 Å². The van der Waals surface area contributed by atoms with Crippen LogP contribution in [0.15, 0.2) is 23.2 Å². The van der Waals surface area contributed by atoms with E-state index >= 15 is 0 Å². The average molecular weight is 175 g/mol. The molecule has 0 saturated heterocycles. The Kier molecular flexibility index (Phi) is 1.65. The fourth-order valence-corrected chi connectivity index (χ4v) is 1.47. The molecule has 3 heteroatoms. The Hall–Kier alpha value is -1.64. The average Bonchev–Trinajstić information content (AvgIpc) is 2.42. The van der Waals surface area contributed by atoms with Gasteiger partial charge in [-0.1, -0.05) is 6.07 Å². The number of aromatic carboxylic acids is 1. The summed E-state index contributed by atoms with van der Waals surface area (Å²) in [7, 11) is 0. The fourth-order valence-electron chi connectivity index (χ4n) is 1.47. The number of benzene rings is 1. The van der Waals surface area contributed by atoms with Crippen molar-refractivity contribution in [1.82, 2.24) is 0 Å². The third-order valence-electron chi connectivity index (χ3n) is 2.09. The number of carboxylic acid groups (broad SMARTS) is 1. The maximum absolute atomic E-state index is 10.6. The van der Waals surface area contributed by atoms with E-state index in [2.05, 4.69) is 4.99 Å². The van der Waals surface area contributed by atoms with E-state index in [1.807, 2.05) is 13.0 Å². The number of fused-ring (bicyclic) bond motifs is 1. The summed E-state index contributed by atoms with van der Waals surface area (Å²) in [5.41, 5.74) is 3.26. The van der Waals surface area contributed by atoms with Gasteiger partial charge in [0.2, 0.25) is 0 Å². The van der Waals surface area contributed by atoms with Crippen molar-refractivity contribution in [3.05, 3.63) is 29.3 Å². The summed E-state index contributed by atoms with van der Waals surface area (Å²) >= 11 is 0. The van der Waals surface area contributed by atoms with Gasteiger partial charge in [0.05, 0.1) is 11.3 Å². The second kappa shape index (κ2) is 2.69. The number of carbonyl (C=O) groups is 1. The van der Waals surface area contributed by atoms with E-state index < -0.39 is 5.97 Å². The Labute approximate surface area is 75.7 Å². The van der Waals surface area contributed by atoms with Crippen LogP contribution < -0.4 is 0 Å². The van der Waals surface area contributed by atoms with Crippen LogP contribution in [0.2, 0.25) is 0 Å². The summed E-state index contributed by atoms with van der Waals surface area (Å²) in [5.74, 6) is -0.900. The smallest absolute Gasteiger partial charge is 0.335 e. The fraction of sp³-hybridized carbons (Fsp3) is 0.200. The van der Waals surface area contributed by atoms with E-state index in [9.17, 15) is 4.79 Å². The van der Waals surface area contributed by atoms with E-state index in [4.69, 9.17) is 5.11 Å². The highest BCUT2D eigenvalue weighted by atomic mass is 16.4. The molecule has 0 atom stereocenters. The SMILES string of the molecule is CC1=Nc2cc(C(=O)O)ccc2C1. The quantitative estimate of drug-likeness (QED) is 0.709. The number of rotatable bonds is 1. The minimum Gasteiger partial charge on any atom is -0.478 e. The van der Waals surface area contributed by atoms with Crippen molar-refractivity contribution in [2.24, 2.45) is 4.99 Å². The molecule has 0 unspecified atom stereocenters. The minimum absolute atomic E-state index is 0.303. The van der Waals surface area contributed by atoms with Crippen molar-refractivity contribution in [2.45, 2.75) is 13.3 Å². The van der Waals surface area contributed by atoms with Crippen molar-refractivity contribution < 1.29 is 9.90 Å². The summed E-state index contributed by atoms with van der Waals surface area (Å²) in [6.45, 7) is 1.94. The lowest BCUT2D eigenvalue weighted by Gasteiger charge is -1.97. The predicted molar refractivity (Wildman–Crippen MR) is 49.9 cm³/mol. The zero-order chi connectivity index (χ0) is 9.42. The van der Waals surface area contributed by atoms with E-state index in [0.717, 1.165) is 23.4 Å². The van der Waals surface area contributed by atoms with Gasteiger partial charge in [0.25, 0.3) is 0 Å². The van der Waals surface area contributed by atoms with Gasteiger partial charge in [-0.25, -0.2) is 4.79 Å². The van der Waals surface area contributed by atoms with Crippen molar-refractivity contribution in [2.75, 3.05) is 0 Å². The van der Waals surface area contributed by atoms with E-state index in [0.29, 0.717) is 5.56 Å². The largest absolute Gasteiger partial charge is 0.478 e. The molecule has 13 heavy (non-hydrogen) atoms. The monoisotopic (exact) mass is 175 g/mol. The third kappa shape index (κ3) is 1.33. The number of carboxylic acids is 1. The lowest BCUT2D eigenvalue weighted by Crippen LogP contribution is -1.95. The van der Waals surface area contributed by atoms with Crippen LogP contribution in [0, 0.1) is 0 Å². The maximum atomic E-state index is 10.6. The molecular formula is C10H9NO2. The van der Waals surface area contributed by atoms with Gasteiger partial charge in [0.1, 0.15) is 0 Å². The highest BCUT2D eigenvalue weighted by Gasteiger charge is 2.13. The second-order valence-electron chi connectivity index (χ2n) is 3.17. The predicted octanol–water partition coefficient (Wildman–Crippen LogP) is 2.03. The minimum atomic E-state index is -0.900. The Morgan fingerprint density at radius 2 is 2.31 bits per heavy atom. The molecule has 1 aromatic rings. The molecule has 0 fully saturated rings. The molecule has 1 aliphatic rings. The topological polar surface area (TPSA) is 49.7 Å². The van der Waals surface area contributed by atoms with Gasteiger partial charge in [-0.3, -0.25) is 4.99 Å². The normalized spacial score (nSPS) is 13.8. The molecule has 0 radical (unpaired) electrons. The molecule has 0 aliphatic carbocycles. The number of hydrogen-bond acceptors (Lipinski definition) is 2. The van der Waals surface area contributed by atoms with Crippen LogP contribution in [0.25, 0.3) is 0 Å². The molecule has 1 aliphatic heterocycles. The van der Waals surface area contributed by atoms with Gasteiger partial charge in [-0.15, -0.1) is 0 Å². The highest BCUT2D eigenvalue weighted by molar-refractivity contribution is 5.95. The molecule has 0 saturated carbocycles. The third-order valence-corrected chi connectivity index (χ3v) is 2.09. The van der Waals surface area contributed by atoms with Gasteiger partial charge < -0.3 is 5.11 Å². The molecular weight excluding hydrogens is 166 g/mol. The summed E-state index contributed by atoms with van der Waals surface area (Å²) in [4.78, 5) is 14.9. The lowest BCUT2D eigenvalue weighted by atomic mass is 10.1. The maximum Gasteiger partial charge on any atom is 0.335 e. The summed E-state index contributed by atoms with van der Waals surface area (Å²) in [6.07, 6.45) is 0.842. The van der Waals surface area contributed by atoms with Crippen LogP contribution in [0.5, 0.6) is 0 Å². The first-order valence-corrected chi connectivity index (χ1v) is 4.07. The standard InChI is InChI=1S/C10H9NO2/c1-6-4-7-2-3-8(10(12)13)5-9(7)11-6/h2-3,5H,4H2,1H3,(H,12,13). The van der Waals surface area contributed by atoms with Gasteiger partial charge in [0, 0.05) is 12.1 Å². The van der Waals surface area contributed by atoms with Gasteiger partial charge in [-0.05, 0) is 24.6 Å². The van der Waals surface area contributed by atoms with Gasteiger partial charge in [-0.2, -0.15) is 0 Å². The second-order valence-corrected chi connectivity index (χ2v) is 3.17. The number of aliphatic imine (C=N–C) groups is 1. The Morgan fingerprint density at radius 3 is 3.00 bits per heavy atom. The molecule has 1 heterocycles. The number of nitrogens with zero attached hydrogens (tertiary/aromatic N) is 1. The molecule has 3 nitrogen and oxygen atoms in total. The van der Waals surface area contributed by atoms with Crippen LogP contribution in [-0.4, -0.2) is 16.8 Å². The zero-order valence-corrected chi connectivity index (χ0v) is 7.24. The Morgan fingerprint density at radius 1 is 1.54 bits per heavy atom. The summed E-state index contributed by atoms with van der Waals surface area (Å²) in [5, 5.41) is 8.73. The van der Waals surface area contributed by atoms with E-state index in [-0.39, 0.29) is 0 Å². The summed E-state index contributed by atoms with van der Waals surface area (Å²) < 4.78 is 0.